The molecule has 11 heteroatoms. The molecule has 0 bridgehead atoms. The van der Waals surface area contributed by atoms with Gasteiger partial charge in [0.15, 0.2) is 35.0 Å². The fraction of sp³-hybridized carbons (Fsp3) is 0.765. The molecule has 11 nitrogen and oxygen atoms in total. The van der Waals surface area contributed by atoms with Crippen LogP contribution in [0.15, 0.2) is 0 Å². The Bertz CT molecular complexity index is 666. The van der Waals surface area contributed by atoms with Gasteiger partial charge in [-0.15, -0.1) is 0 Å². The van der Waals surface area contributed by atoms with Crippen LogP contribution in [-0.4, -0.2) is 92.0 Å². The van der Waals surface area contributed by atoms with Gasteiger partial charge in [0.1, 0.15) is 12.2 Å². The first-order chi connectivity index (χ1) is 12.7. The Hall–Kier alpha value is -1.60. The van der Waals surface area contributed by atoms with Crippen LogP contribution < -0.4 is 5.73 Å². The van der Waals surface area contributed by atoms with E-state index < -0.39 is 58.4 Å². The van der Waals surface area contributed by atoms with E-state index in [1.54, 1.807) is 0 Å². The maximum absolute atomic E-state index is 12.4. The largest absolute Gasteiger partial charge is 0.382 e. The molecule has 1 aliphatic heterocycles. The summed E-state index contributed by atoms with van der Waals surface area (Å²) in [6.45, 7) is 3.12. The highest BCUT2D eigenvalue weighted by Crippen LogP contribution is 2.47. The lowest BCUT2D eigenvalue weighted by molar-refractivity contribution is -0.372. The molecule has 1 aliphatic rings. The first-order valence-corrected chi connectivity index (χ1v) is 8.60. The van der Waals surface area contributed by atoms with Gasteiger partial charge in [0.05, 0.1) is 6.61 Å². The molecule has 1 unspecified atom stereocenters. The number of ketones is 4. The maximum Gasteiger partial charge on any atom is 0.213 e. The molecular weight excluding hydrogens is 378 g/mol. The van der Waals surface area contributed by atoms with Gasteiger partial charge in [-0.1, -0.05) is 0 Å². The van der Waals surface area contributed by atoms with Crippen LogP contribution in [0.5, 0.6) is 0 Å². The molecule has 6 atom stereocenters. The normalized spacial score (nSPS) is 36.6. The number of nitrogens with two attached hydrogens (primary N) is 1. The van der Waals surface area contributed by atoms with Gasteiger partial charge in [-0.05, 0) is 40.7 Å². The van der Waals surface area contributed by atoms with E-state index in [0.717, 1.165) is 27.7 Å². The Balaban J connectivity index is 3.80. The topological polar surface area (TPSA) is 194 Å². The van der Waals surface area contributed by atoms with Crippen LogP contribution in [0.1, 0.15) is 34.1 Å². The Labute approximate surface area is 161 Å². The van der Waals surface area contributed by atoms with Crippen molar-refractivity contribution in [3.05, 3.63) is 0 Å². The van der Waals surface area contributed by atoms with E-state index in [-0.39, 0.29) is 19.6 Å². The summed E-state index contributed by atoms with van der Waals surface area (Å²) < 4.78 is 10.5. The molecule has 0 aromatic rings. The smallest absolute Gasteiger partial charge is 0.213 e. The number of hydrogen-bond donors (Lipinski definition) is 5. The zero-order valence-corrected chi connectivity index (χ0v) is 16.2. The second kappa shape index (κ2) is 8.41. The second-order valence-electron chi connectivity index (χ2n) is 6.87. The third-order valence-corrected chi connectivity index (χ3v) is 5.03. The third kappa shape index (κ3) is 3.32. The van der Waals surface area contributed by atoms with Crippen molar-refractivity contribution in [2.45, 2.75) is 69.4 Å². The highest BCUT2D eigenvalue weighted by atomic mass is 16.7. The van der Waals surface area contributed by atoms with Gasteiger partial charge >= 0.3 is 0 Å². The van der Waals surface area contributed by atoms with Crippen LogP contribution in [-0.2, 0) is 28.7 Å². The first-order valence-electron chi connectivity index (χ1n) is 8.60. The summed E-state index contributed by atoms with van der Waals surface area (Å²) in [6.07, 6.45) is -6.26. The van der Waals surface area contributed by atoms with E-state index in [9.17, 15) is 39.6 Å². The van der Waals surface area contributed by atoms with E-state index in [2.05, 4.69) is 0 Å². The minimum absolute atomic E-state index is 0.152. The summed E-state index contributed by atoms with van der Waals surface area (Å²) >= 11 is 0. The molecule has 160 valence electrons. The summed E-state index contributed by atoms with van der Waals surface area (Å²) in [6, 6.07) is 0. The minimum Gasteiger partial charge on any atom is -0.382 e. The fourth-order valence-electron chi connectivity index (χ4n) is 3.36. The van der Waals surface area contributed by atoms with Crippen LogP contribution >= 0.6 is 0 Å². The van der Waals surface area contributed by atoms with Crippen molar-refractivity contribution in [1.82, 2.24) is 0 Å². The predicted molar refractivity (Wildman–Crippen MR) is 91.9 cm³/mol. The lowest BCUT2D eigenvalue weighted by Crippen LogP contribution is -2.87. The van der Waals surface area contributed by atoms with E-state index >= 15 is 0 Å². The van der Waals surface area contributed by atoms with Crippen LogP contribution in [0, 0.1) is 0 Å². The van der Waals surface area contributed by atoms with Gasteiger partial charge in [-0.25, -0.2) is 0 Å². The molecule has 6 N–H and O–H groups in total. The molecule has 1 saturated heterocycles. The number of aliphatic hydroxyl groups is 4. The predicted octanol–water partition coefficient (Wildman–Crippen LogP) is -3.01. The van der Waals surface area contributed by atoms with E-state index in [0.29, 0.717) is 0 Å². The quantitative estimate of drug-likeness (QED) is 0.245. The lowest BCUT2D eigenvalue weighted by Gasteiger charge is -2.57. The molecule has 28 heavy (non-hydrogen) atoms. The van der Waals surface area contributed by atoms with Crippen molar-refractivity contribution in [1.29, 1.82) is 0 Å². The highest BCUT2D eigenvalue weighted by molar-refractivity contribution is 6.05. The molecule has 0 saturated carbocycles. The van der Waals surface area contributed by atoms with Crippen LogP contribution in [0.3, 0.4) is 0 Å². The summed E-state index contributed by atoms with van der Waals surface area (Å²) in [5.74, 6) is -4.92. The Morgan fingerprint density at radius 2 is 1.50 bits per heavy atom. The van der Waals surface area contributed by atoms with Crippen molar-refractivity contribution in [2.24, 2.45) is 5.73 Å². The zero-order valence-electron chi connectivity index (χ0n) is 16.2. The summed E-state index contributed by atoms with van der Waals surface area (Å²) in [5, 5.41) is 43.4. The lowest BCUT2D eigenvalue weighted by atomic mass is 9.60. The van der Waals surface area contributed by atoms with Gasteiger partial charge < -0.3 is 35.6 Å². The van der Waals surface area contributed by atoms with Gasteiger partial charge in [-0.2, -0.15) is 0 Å². The molecular formula is C17H27NO10. The van der Waals surface area contributed by atoms with E-state index in [4.69, 9.17) is 15.2 Å². The Morgan fingerprint density at radius 3 is 1.86 bits per heavy atom. The number of hydrogen-bond acceptors (Lipinski definition) is 11. The molecule has 1 heterocycles. The molecule has 0 radical (unpaired) electrons. The van der Waals surface area contributed by atoms with Crippen LogP contribution in [0.4, 0.5) is 0 Å². The van der Waals surface area contributed by atoms with Gasteiger partial charge in [-0.3, -0.25) is 19.2 Å². The highest BCUT2D eigenvalue weighted by Gasteiger charge is 2.79. The maximum atomic E-state index is 12.4. The van der Waals surface area contributed by atoms with E-state index in [1.807, 2.05) is 0 Å². The number of carbonyl (C=O) groups is 4. The summed E-state index contributed by atoms with van der Waals surface area (Å²) in [5.41, 5.74) is -4.69. The van der Waals surface area contributed by atoms with Crippen molar-refractivity contribution in [2.75, 3.05) is 13.2 Å². The monoisotopic (exact) mass is 405 g/mol. The third-order valence-electron chi connectivity index (χ3n) is 5.03. The van der Waals surface area contributed by atoms with Gasteiger partial charge in [0, 0.05) is 0 Å². The average molecular weight is 405 g/mol. The number of Topliss-reactive ketones (excluding diaryl/α,β-unsaturated/α-hetero) is 4. The number of ether oxygens (including phenoxy) is 2. The Kier molecular flexibility index (Phi) is 7.34. The summed E-state index contributed by atoms with van der Waals surface area (Å²) in [7, 11) is 0. The van der Waals surface area contributed by atoms with Gasteiger partial charge in [0.25, 0.3) is 0 Å². The van der Waals surface area contributed by atoms with E-state index in [1.165, 1.54) is 0 Å². The molecule has 1 fully saturated rings. The first kappa shape index (κ1) is 24.4. The standard InChI is InChI=1S/C17H27NO10/c1-8(19)12(23)13-15(24,9(2)20)17(26,11(4)22)16(25,10(3)21)14(28-13)27-7-5-6-18/h12-14,23-26H,5-7,18H2,1-4H3/t12?,13-,14+,15+,16+,17+/m1/s1. The van der Waals surface area contributed by atoms with Crippen molar-refractivity contribution >= 4 is 23.1 Å². The Morgan fingerprint density at radius 1 is 1.00 bits per heavy atom. The molecule has 0 spiro atoms. The van der Waals surface area contributed by atoms with Gasteiger partial charge in [0.2, 0.25) is 11.2 Å². The van der Waals surface area contributed by atoms with Crippen molar-refractivity contribution in [3.63, 3.8) is 0 Å². The molecule has 0 aliphatic carbocycles. The minimum atomic E-state index is -3.48. The van der Waals surface area contributed by atoms with Crippen molar-refractivity contribution in [3.8, 4) is 0 Å². The molecule has 0 aromatic carbocycles. The zero-order chi connectivity index (χ0) is 22.1. The number of aliphatic hydroxyl groups excluding tert-OH is 1. The van der Waals surface area contributed by atoms with Crippen LogP contribution in [0.2, 0.25) is 0 Å². The average Bonchev–Trinajstić information content (AvgIpc) is 2.60. The van der Waals surface area contributed by atoms with Crippen LogP contribution in [0.25, 0.3) is 0 Å². The van der Waals surface area contributed by atoms with Crippen molar-refractivity contribution < 1.29 is 49.1 Å². The second-order valence-corrected chi connectivity index (χ2v) is 6.87. The SMILES string of the molecule is CC(=O)C(O)[C@H]1O[C@H](OCCCN)[C@@](O)(C(C)=O)[C@](O)(C(C)=O)[C@]1(O)C(C)=O. The number of carbonyl (C=O) groups excluding carboxylic acids is 4. The molecule has 0 aromatic heterocycles. The number of rotatable bonds is 9. The summed E-state index contributed by atoms with van der Waals surface area (Å²) in [4.78, 5) is 48.7. The fourth-order valence-corrected chi connectivity index (χ4v) is 3.36. The molecule has 1 rings (SSSR count). The molecule has 0 amide bonds.